The van der Waals surface area contributed by atoms with Crippen molar-refractivity contribution in [3.8, 4) is 11.3 Å². The molecule has 1 aliphatic rings. The maximum absolute atomic E-state index is 12.2. The fraction of sp³-hybridized carbons (Fsp3) is 0.273. The number of benzene rings is 1. The normalized spacial score (nSPS) is 13.1. The van der Waals surface area contributed by atoms with Crippen LogP contribution in [0.25, 0.3) is 11.3 Å². The summed E-state index contributed by atoms with van der Waals surface area (Å²) in [6.07, 6.45) is 6.80. The number of nitrogens with one attached hydrogen (secondary N) is 1. The van der Waals surface area contributed by atoms with Crippen LogP contribution >= 0.6 is 11.6 Å². The van der Waals surface area contributed by atoms with Crippen molar-refractivity contribution in [3.63, 3.8) is 0 Å². The molecule has 2 heterocycles. The number of rotatable bonds is 7. The van der Waals surface area contributed by atoms with Crippen molar-refractivity contribution in [2.75, 3.05) is 11.4 Å². The lowest BCUT2D eigenvalue weighted by Gasteiger charge is -2.22. The summed E-state index contributed by atoms with van der Waals surface area (Å²) in [6.45, 7) is 2.46. The number of amides is 2. The highest BCUT2D eigenvalue weighted by atomic mass is 35.5. The average molecular weight is 425 g/mol. The van der Waals surface area contributed by atoms with E-state index >= 15 is 0 Å². The highest BCUT2D eigenvalue weighted by molar-refractivity contribution is 6.34. The predicted octanol–water partition coefficient (Wildman–Crippen LogP) is 4.08. The number of anilines is 1. The molecule has 0 aliphatic heterocycles. The van der Waals surface area contributed by atoms with Gasteiger partial charge in [0.25, 0.3) is 5.91 Å². The minimum Gasteiger partial charge on any atom is -0.447 e. The maximum atomic E-state index is 12.2. The second-order valence-electron chi connectivity index (χ2n) is 7.28. The number of oxazole rings is 1. The molecular weight excluding hydrogens is 404 g/mol. The molecule has 2 aromatic heterocycles. The topological polar surface area (TPSA) is 88.3 Å². The third-order valence-electron chi connectivity index (χ3n) is 4.96. The number of aromatic nitrogens is 2. The van der Waals surface area contributed by atoms with Gasteiger partial charge < -0.3 is 14.6 Å². The third kappa shape index (κ3) is 4.68. The lowest BCUT2D eigenvalue weighted by molar-refractivity contribution is -0.116. The van der Waals surface area contributed by atoms with Crippen molar-refractivity contribution in [1.82, 2.24) is 15.3 Å². The van der Waals surface area contributed by atoms with Crippen molar-refractivity contribution >= 4 is 29.1 Å². The third-order valence-corrected chi connectivity index (χ3v) is 5.26. The molecule has 1 aliphatic carbocycles. The first-order chi connectivity index (χ1) is 14.5. The van der Waals surface area contributed by atoms with Gasteiger partial charge in [0, 0.05) is 25.2 Å². The Morgan fingerprint density at radius 1 is 1.23 bits per heavy atom. The largest absolute Gasteiger partial charge is 0.447 e. The Morgan fingerprint density at radius 3 is 2.67 bits per heavy atom. The predicted molar refractivity (Wildman–Crippen MR) is 113 cm³/mol. The van der Waals surface area contributed by atoms with Gasteiger partial charge in [-0.2, -0.15) is 0 Å². The van der Waals surface area contributed by atoms with Gasteiger partial charge in [-0.1, -0.05) is 17.7 Å². The molecule has 154 valence electrons. The lowest BCUT2D eigenvalue weighted by atomic mass is 10.1. The van der Waals surface area contributed by atoms with Gasteiger partial charge in [-0.15, -0.1) is 0 Å². The average Bonchev–Trinajstić information content (AvgIpc) is 3.42. The number of hydrogen-bond donors (Lipinski definition) is 1. The molecule has 1 aromatic carbocycles. The second-order valence-corrected chi connectivity index (χ2v) is 7.69. The number of carbonyl (C=O) groups is 2. The van der Waals surface area contributed by atoms with Crippen molar-refractivity contribution in [2.45, 2.75) is 26.3 Å². The summed E-state index contributed by atoms with van der Waals surface area (Å²) in [5.41, 5.74) is 2.64. The van der Waals surface area contributed by atoms with Crippen molar-refractivity contribution in [2.24, 2.45) is 5.92 Å². The zero-order chi connectivity index (χ0) is 21.1. The minimum absolute atomic E-state index is 0.0187. The van der Waals surface area contributed by atoms with Crippen molar-refractivity contribution < 1.29 is 14.0 Å². The van der Waals surface area contributed by atoms with E-state index in [9.17, 15) is 9.59 Å². The van der Waals surface area contributed by atoms with Crippen LogP contribution in [0.3, 0.4) is 0 Å². The van der Waals surface area contributed by atoms with Crippen LogP contribution in [0, 0.1) is 5.92 Å². The lowest BCUT2D eigenvalue weighted by Crippen LogP contribution is -2.30. The van der Waals surface area contributed by atoms with Gasteiger partial charge in [0.1, 0.15) is 6.26 Å². The molecule has 2 amide bonds. The van der Waals surface area contributed by atoms with E-state index in [2.05, 4.69) is 15.3 Å². The number of hydrogen-bond acceptors (Lipinski definition) is 5. The van der Waals surface area contributed by atoms with E-state index < -0.39 is 0 Å². The van der Waals surface area contributed by atoms with Crippen LogP contribution in [0.15, 0.2) is 53.4 Å². The van der Waals surface area contributed by atoms with E-state index in [-0.39, 0.29) is 18.4 Å². The van der Waals surface area contributed by atoms with E-state index in [1.165, 1.54) is 18.7 Å². The molecule has 0 radical (unpaired) electrons. The van der Waals surface area contributed by atoms with Gasteiger partial charge in [0.15, 0.2) is 0 Å². The Balaban J connectivity index is 1.46. The zero-order valence-corrected chi connectivity index (χ0v) is 17.2. The Hall–Kier alpha value is -3.19. The first-order valence-electron chi connectivity index (χ1n) is 9.72. The summed E-state index contributed by atoms with van der Waals surface area (Å²) < 4.78 is 5.10. The monoisotopic (exact) mass is 424 g/mol. The first-order valence-corrected chi connectivity index (χ1v) is 10.1. The van der Waals surface area contributed by atoms with Crippen LogP contribution in [0.1, 0.15) is 36.0 Å². The van der Waals surface area contributed by atoms with Crippen molar-refractivity contribution in [1.29, 1.82) is 0 Å². The van der Waals surface area contributed by atoms with Gasteiger partial charge in [0.05, 0.1) is 34.7 Å². The standard InChI is InChI=1S/C22H21ClN4O3/c1-14(28)27(13-15-2-3-15)20-7-5-16(10-18(20)23)19-6-4-17(11-25-19)22(29)26-12-21-24-8-9-30-21/h4-11,15H,2-3,12-13H2,1H3,(H,26,29). The van der Waals surface area contributed by atoms with E-state index in [4.69, 9.17) is 16.0 Å². The SMILES string of the molecule is CC(=O)N(CC1CC1)c1ccc(-c2ccc(C(=O)NCc3ncco3)cn2)cc1Cl. The number of halogens is 1. The molecular formula is C22H21ClN4O3. The van der Waals surface area contributed by atoms with Gasteiger partial charge in [-0.05, 0) is 43.0 Å². The fourth-order valence-electron chi connectivity index (χ4n) is 3.14. The summed E-state index contributed by atoms with van der Waals surface area (Å²) in [4.78, 5) is 34.4. The van der Waals surface area contributed by atoms with E-state index in [1.54, 1.807) is 30.0 Å². The quantitative estimate of drug-likeness (QED) is 0.617. The summed E-state index contributed by atoms with van der Waals surface area (Å²) in [5.74, 6) is 0.713. The summed E-state index contributed by atoms with van der Waals surface area (Å²) in [7, 11) is 0. The van der Waals surface area contributed by atoms with Gasteiger partial charge in [-0.25, -0.2) is 4.98 Å². The van der Waals surface area contributed by atoms with E-state index in [0.717, 1.165) is 18.4 Å². The Labute approximate surface area is 179 Å². The molecule has 1 fully saturated rings. The van der Waals surface area contributed by atoms with Crippen LogP contribution in [-0.2, 0) is 11.3 Å². The van der Waals surface area contributed by atoms with Crippen LogP contribution in [0.4, 0.5) is 5.69 Å². The summed E-state index contributed by atoms with van der Waals surface area (Å²) in [5, 5.41) is 3.23. The second kappa shape index (κ2) is 8.67. The first kappa shape index (κ1) is 20.1. The molecule has 4 rings (SSSR count). The molecule has 0 spiro atoms. The van der Waals surface area contributed by atoms with Crippen molar-refractivity contribution in [3.05, 3.63) is 65.5 Å². The Morgan fingerprint density at radius 2 is 2.07 bits per heavy atom. The minimum atomic E-state index is -0.266. The van der Waals surface area contributed by atoms with Crippen LogP contribution in [-0.4, -0.2) is 28.3 Å². The smallest absolute Gasteiger partial charge is 0.253 e. The van der Waals surface area contributed by atoms with Gasteiger partial charge >= 0.3 is 0 Å². The molecule has 0 atom stereocenters. The highest BCUT2D eigenvalue weighted by Crippen LogP contribution is 2.35. The number of nitrogens with zero attached hydrogens (tertiary/aromatic N) is 3. The number of pyridine rings is 1. The molecule has 3 aromatic rings. The van der Waals surface area contributed by atoms with Gasteiger partial charge in [-0.3, -0.25) is 14.6 Å². The molecule has 0 saturated heterocycles. The molecule has 0 unspecified atom stereocenters. The molecule has 1 saturated carbocycles. The molecule has 1 N–H and O–H groups in total. The van der Waals surface area contributed by atoms with Crippen LogP contribution < -0.4 is 10.2 Å². The van der Waals surface area contributed by atoms with Crippen LogP contribution in [0.5, 0.6) is 0 Å². The maximum Gasteiger partial charge on any atom is 0.253 e. The van der Waals surface area contributed by atoms with E-state index in [1.807, 2.05) is 12.1 Å². The Bertz CT molecular complexity index is 1050. The molecule has 8 heteroatoms. The molecule has 7 nitrogen and oxygen atoms in total. The Kier molecular flexibility index (Phi) is 5.81. The van der Waals surface area contributed by atoms with E-state index in [0.29, 0.717) is 40.3 Å². The summed E-state index contributed by atoms with van der Waals surface area (Å²) >= 11 is 6.49. The number of carbonyl (C=O) groups excluding carboxylic acids is 2. The van der Waals surface area contributed by atoms with Gasteiger partial charge in [0.2, 0.25) is 11.8 Å². The zero-order valence-electron chi connectivity index (χ0n) is 16.5. The highest BCUT2D eigenvalue weighted by Gasteiger charge is 2.27. The molecule has 30 heavy (non-hydrogen) atoms. The molecule has 0 bridgehead atoms. The fourth-order valence-corrected chi connectivity index (χ4v) is 3.42. The summed E-state index contributed by atoms with van der Waals surface area (Å²) in [6, 6.07) is 8.99. The van der Waals surface area contributed by atoms with Crippen LogP contribution in [0.2, 0.25) is 5.02 Å².